The number of para-hydroxylation sites is 2. The fourth-order valence-electron chi connectivity index (χ4n) is 3.68. The highest BCUT2D eigenvalue weighted by atomic mass is 32.2. The van der Waals surface area contributed by atoms with Crippen LogP contribution in [0.5, 0.6) is 0 Å². The molecule has 7 heteroatoms. The van der Waals surface area contributed by atoms with E-state index in [1.165, 1.54) is 11.8 Å². The lowest BCUT2D eigenvalue weighted by molar-refractivity contribution is -0.136. The van der Waals surface area contributed by atoms with Gasteiger partial charge in [-0.15, -0.1) is 0 Å². The molecule has 29 heavy (non-hydrogen) atoms. The molecule has 0 radical (unpaired) electrons. The third-order valence-corrected chi connectivity index (χ3v) is 6.09. The number of aromatic amines is 1. The number of amides is 2. The van der Waals surface area contributed by atoms with Gasteiger partial charge in [-0.3, -0.25) is 9.59 Å². The number of benzene rings is 2. The first-order valence-electron chi connectivity index (χ1n) is 9.84. The second-order valence-electron chi connectivity index (χ2n) is 7.23. The quantitative estimate of drug-likeness (QED) is 0.612. The van der Waals surface area contributed by atoms with Gasteiger partial charge in [0.25, 0.3) is 0 Å². The summed E-state index contributed by atoms with van der Waals surface area (Å²) in [5, 5.41) is 3.78. The van der Waals surface area contributed by atoms with Crippen molar-refractivity contribution in [3.63, 3.8) is 0 Å². The van der Waals surface area contributed by atoms with Crippen molar-refractivity contribution in [2.45, 2.75) is 37.0 Å². The molecule has 0 aliphatic carbocycles. The van der Waals surface area contributed by atoms with Crippen molar-refractivity contribution in [1.29, 1.82) is 0 Å². The van der Waals surface area contributed by atoms with E-state index in [1.807, 2.05) is 61.5 Å². The molecule has 2 aromatic carbocycles. The third-order valence-electron chi connectivity index (χ3n) is 5.23. The zero-order chi connectivity index (χ0) is 20.2. The number of fused-ring (bicyclic) bond motifs is 1. The summed E-state index contributed by atoms with van der Waals surface area (Å²) >= 11 is 1.38. The Balaban J connectivity index is 1.35. The van der Waals surface area contributed by atoms with Crippen LogP contribution in [0.4, 0.5) is 0 Å². The van der Waals surface area contributed by atoms with Crippen molar-refractivity contribution in [2.24, 2.45) is 0 Å². The van der Waals surface area contributed by atoms with E-state index in [0.717, 1.165) is 28.2 Å². The maximum atomic E-state index is 12.8. The summed E-state index contributed by atoms with van der Waals surface area (Å²) in [6.07, 6.45) is 1.55. The number of nitrogens with zero attached hydrogens (tertiary/aromatic N) is 2. The number of hydrogen-bond acceptors (Lipinski definition) is 4. The molecule has 150 valence electrons. The van der Waals surface area contributed by atoms with Gasteiger partial charge in [-0.1, -0.05) is 54.2 Å². The second kappa shape index (κ2) is 8.69. The zero-order valence-electron chi connectivity index (χ0n) is 16.3. The maximum Gasteiger partial charge on any atom is 0.243 e. The van der Waals surface area contributed by atoms with E-state index in [0.29, 0.717) is 13.0 Å². The lowest BCUT2D eigenvalue weighted by atomic mass is 10.1. The Morgan fingerprint density at radius 1 is 1.21 bits per heavy atom. The molecule has 0 spiro atoms. The van der Waals surface area contributed by atoms with Crippen molar-refractivity contribution in [3.05, 3.63) is 60.2 Å². The van der Waals surface area contributed by atoms with Crippen LogP contribution in [0.15, 0.2) is 59.8 Å². The molecule has 3 aromatic rings. The number of imidazole rings is 1. The first kappa shape index (κ1) is 19.5. The Kier molecular flexibility index (Phi) is 5.85. The van der Waals surface area contributed by atoms with E-state index in [1.54, 1.807) is 4.90 Å². The zero-order valence-corrected chi connectivity index (χ0v) is 17.1. The molecule has 1 fully saturated rings. The molecule has 0 saturated carbocycles. The lowest BCUT2D eigenvalue weighted by Crippen LogP contribution is -2.47. The molecule has 1 aliphatic rings. The van der Waals surface area contributed by atoms with Crippen LogP contribution in [-0.2, 0) is 9.59 Å². The smallest absolute Gasteiger partial charge is 0.243 e. The van der Waals surface area contributed by atoms with Crippen molar-refractivity contribution in [1.82, 2.24) is 20.2 Å². The standard InChI is InChI=1S/C22H24N4O2S/c1-15(16-8-3-2-4-9-16)23-21(28)19-12-7-13-26(19)20(27)14-29-22-24-17-10-5-6-11-18(17)25-22/h2-6,8-11,15,19H,7,12-14H2,1H3,(H,23,28)(H,24,25)/t15-,19-/m0/s1. The van der Waals surface area contributed by atoms with Gasteiger partial charge >= 0.3 is 0 Å². The summed E-state index contributed by atoms with van der Waals surface area (Å²) in [7, 11) is 0. The van der Waals surface area contributed by atoms with Crippen LogP contribution in [0.3, 0.4) is 0 Å². The molecule has 2 amide bonds. The van der Waals surface area contributed by atoms with Crippen LogP contribution in [-0.4, -0.2) is 45.0 Å². The minimum Gasteiger partial charge on any atom is -0.348 e. The summed E-state index contributed by atoms with van der Waals surface area (Å²) in [6.45, 7) is 2.59. The van der Waals surface area contributed by atoms with Crippen LogP contribution in [0.1, 0.15) is 31.4 Å². The molecule has 2 heterocycles. The molecule has 2 N–H and O–H groups in total. The Labute approximate surface area is 174 Å². The van der Waals surface area contributed by atoms with Crippen LogP contribution in [0.2, 0.25) is 0 Å². The number of carbonyl (C=O) groups excluding carboxylic acids is 2. The Morgan fingerprint density at radius 2 is 1.97 bits per heavy atom. The first-order chi connectivity index (χ1) is 14.1. The van der Waals surface area contributed by atoms with Crippen molar-refractivity contribution in [2.75, 3.05) is 12.3 Å². The Hall–Kier alpha value is -2.80. The molecule has 1 aromatic heterocycles. The highest BCUT2D eigenvalue weighted by molar-refractivity contribution is 7.99. The van der Waals surface area contributed by atoms with Gasteiger partial charge in [0.1, 0.15) is 6.04 Å². The number of carbonyl (C=O) groups is 2. The monoisotopic (exact) mass is 408 g/mol. The summed E-state index contributed by atoms with van der Waals surface area (Å²) in [6, 6.07) is 17.1. The SMILES string of the molecule is C[C@H](NC(=O)[C@@H]1CCCN1C(=O)CSc1nc2ccccc2[nH]1)c1ccccc1. The lowest BCUT2D eigenvalue weighted by Gasteiger charge is -2.25. The third kappa shape index (κ3) is 4.45. The van der Waals surface area contributed by atoms with Gasteiger partial charge in [0, 0.05) is 6.54 Å². The fraction of sp³-hybridized carbons (Fsp3) is 0.318. The van der Waals surface area contributed by atoms with Gasteiger partial charge in [-0.05, 0) is 37.5 Å². The molecule has 4 rings (SSSR count). The first-order valence-corrected chi connectivity index (χ1v) is 10.8. The molecule has 2 atom stereocenters. The number of H-pyrrole nitrogens is 1. The summed E-state index contributed by atoms with van der Waals surface area (Å²) in [5.74, 6) is 0.152. The van der Waals surface area contributed by atoms with Gasteiger partial charge in [0.2, 0.25) is 11.8 Å². The van der Waals surface area contributed by atoms with E-state index < -0.39 is 6.04 Å². The highest BCUT2D eigenvalue weighted by Gasteiger charge is 2.34. The molecule has 6 nitrogen and oxygen atoms in total. The van der Waals surface area contributed by atoms with Gasteiger partial charge in [0.05, 0.1) is 22.8 Å². The van der Waals surface area contributed by atoms with Gasteiger partial charge in [0.15, 0.2) is 5.16 Å². The van der Waals surface area contributed by atoms with Crippen LogP contribution in [0.25, 0.3) is 11.0 Å². The summed E-state index contributed by atoms with van der Waals surface area (Å²) in [5.41, 5.74) is 2.89. The molecule has 0 unspecified atom stereocenters. The maximum absolute atomic E-state index is 12.8. The van der Waals surface area contributed by atoms with Crippen molar-refractivity contribution < 1.29 is 9.59 Å². The average molecular weight is 409 g/mol. The number of nitrogens with one attached hydrogen (secondary N) is 2. The van der Waals surface area contributed by atoms with E-state index in [-0.39, 0.29) is 23.6 Å². The number of thioether (sulfide) groups is 1. The average Bonchev–Trinajstić information content (AvgIpc) is 3.39. The predicted molar refractivity (Wildman–Crippen MR) is 115 cm³/mol. The van der Waals surface area contributed by atoms with Crippen LogP contribution < -0.4 is 5.32 Å². The van der Waals surface area contributed by atoms with Gasteiger partial charge in [-0.2, -0.15) is 0 Å². The minimum absolute atomic E-state index is 0.0273. The number of likely N-dealkylation sites (tertiary alicyclic amines) is 1. The summed E-state index contributed by atoms with van der Waals surface area (Å²) < 4.78 is 0. The highest BCUT2D eigenvalue weighted by Crippen LogP contribution is 2.23. The molecular formula is C22H24N4O2S. The predicted octanol–water partition coefficient (Wildman–Crippen LogP) is 3.52. The largest absolute Gasteiger partial charge is 0.348 e. The molecule has 0 bridgehead atoms. The molecule has 1 aliphatic heterocycles. The normalized spacial score (nSPS) is 17.4. The summed E-state index contributed by atoms with van der Waals surface area (Å²) in [4.78, 5) is 35.0. The topological polar surface area (TPSA) is 78.1 Å². The minimum atomic E-state index is -0.398. The Bertz CT molecular complexity index is 971. The number of aromatic nitrogens is 2. The van der Waals surface area contributed by atoms with Crippen molar-refractivity contribution >= 4 is 34.6 Å². The number of rotatable bonds is 6. The fourth-order valence-corrected chi connectivity index (χ4v) is 4.45. The van der Waals surface area contributed by atoms with E-state index >= 15 is 0 Å². The van der Waals surface area contributed by atoms with Crippen molar-refractivity contribution in [3.8, 4) is 0 Å². The van der Waals surface area contributed by atoms with E-state index in [2.05, 4.69) is 15.3 Å². The Morgan fingerprint density at radius 3 is 2.76 bits per heavy atom. The van der Waals surface area contributed by atoms with Gasteiger partial charge < -0.3 is 15.2 Å². The van der Waals surface area contributed by atoms with E-state index in [9.17, 15) is 9.59 Å². The number of hydrogen-bond donors (Lipinski definition) is 2. The second-order valence-corrected chi connectivity index (χ2v) is 8.20. The molecular weight excluding hydrogens is 384 g/mol. The molecule has 1 saturated heterocycles. The van der Waals surface area contributed by atoms with E-state index in [4.69, 9.17) is 0 Å². The van der Waals surface area contributed by atoms with Crippen LogP contribution in [0, 0.1) is 0 Å². The van der Waals surface area contributed by atoms with Crippen LogP contribution >= 0.6 is 11.8 Å². The van der Waals surface area contributed by atoms with Gasteiger partial charge in [-0.25, -0.2) is 4.98 Å².